The van der Waals surface area contributed by atoms with Gasteiger partial charge < -0.3 is 10.1 Å². The van der Waals surface area contributed by atoms with Crippen molar-refractivity contribution in [3.63, 3.8) is 0 Å². The fourth-order valence-corrected chi connectivity index (χ4v) is 4.19. The van der Waals surface area contributed by atoms with Gasteiger partial charge >= 0.3 is 0 Å². The highest BCUT2D eigenvalue weighted by molar-refractivity contribution is 7.98. The smallest absolute Gasteiger partial charge is 0.255 e. The SMILES string of the molecule is CSc1nc(-c2cccs2)nc(C)c1C(=O)NCCCOC(C)c1ccccc1. The number of amides is 1. The highest BCUT2D eigenvalue weighted by atomic mass is 32.2. The van der Waals surface area contributed by atoms with E-state index >= 15 is 0 Å². The third kappa shape index (κ3) is 5.65. The zero-order valence-electron chi connectivity index (χ0n) is 16.8. The molecule has 0 fully saturated rings. The largest absolute Gasteiger partial charge is 0.374 e. The fourth-order valence-electron chi connectivity index (χ4n) is 2.91. The molecule has 0 bridgehead atoms. The average molecular weight is 428 g/mol. The van der Waals surface area contributed by atoms with Gasteiger partial charge in [-0.1, -0.05) is 36.4 Å². The van der Waals surface area contributed by atoms with Gasteiger partial charge in [0.2, 0.25) is 0 Å². The Labute approximate surface area is 179 Å². The first-order chi connectivity index (χ1) is 14.1. The molecular weight excluding hydrogens is 402 g/mol. The zero-order chi connectivity index (χ0) is 20.6. The molecule has 152 valence electrons. The molecule has 3 aromatic rings. The molecule has 2 aromatic heterocycles. The van der Waals surface area contributed by atoms with Crippen molar-refractivity contribution in [3.05, 3.63) is 64.7 Å². The van der Waals surface area contributed by atoms with Crippen LogP contribution in [0.25, 0.3) is 10.7 Å². The number of nitrogens with one attached hydrogen (secondary N) is 1. The minimum absolute atomic E-state index is 0.0374. The van der Waals surface area contributed by atoms with E-state index in [1.165, 1.54) is 11.8 Å². The summed E-state index contributed by atoms with van der Waals surface area (Å²) in [7, 11) is 0. The zero-order valence-corrected chi connectivity index (χ0v) is 18.5. The van der Waals surface area contributed by atoms with Gasteiger partial charge in [-0.3, -0.25) is 4.79 Å². The van der Waals surface area contributed by atoms with Crippen LogP contribution in [-0.4, -0.2) is 35.3 Å². The molecule has 0 saturated carbocycles. The van der Waals surface area contributed by atoms with Crippen LogP contribution >= 0.6 is 23.1 Å². The van der Waals surface area contributed by atoms with Gasteiger partial charge in [0, 0.05) is 13.2 Å². The molecule has 1 aromatic carbocycles. The number of thioether (sulfide) groups is 1. The number of benzene rings is 1. The summed E-state index contributed by atoms with van der Waals surface area (Å²) in [6.07, 6.45) is 2.70. The summed E-state index contributed by atoms with van der Waals surface area (Å²) in [5.41, 5.74) is 2.40. The van der Waals surface area contributed by atoms with E-state index in [1.807, 2.05) is 55.8 Å². The van der Waals surface area contributed by atoms with Crippen LogP contribution in [0.5, 0.6) is 0 Å². The normalized spacial score (nSPS) is 12.0. The second kappa shape index (κ2) is 10.5. The van der Waals surface area contributed by atoms with E-state index < -0.39 is 0 Å². The minimum Gasteiger partial charge on any atom is -0.374 e. The van der Waals surface area contributed by atoms with Crippen LogP contribution in [0, 0.1) is 6.92 Å². The van der Waals surface area contributed by atoms with Gasteiger partial charge in [-0.2, -0.15) is 0 Å². The Balaban J connectivity index is 1.54. The second-order valence-corrected chi connectivity index (χ2v) is 8.27. The van der Waals surface area contributed by atoms with Crippen molar-refractivity contribution >= 4 is 29.0 Å². The molecule has 0 saturated heterocycles. The summed E-state index contributed by atoms with van der Waals surface area (Å²) in [4.78, 5) is 22.9. The first kappa shape index (κ1) is 21.5. The Morgan fingerprint density at radius 2 is 2.00 bits per heavy atom. The summed E-state index contributed by atoms with van der Waals surface area (Å²) in [5, 5.41) is 5.67. The molecular formula is C22H25N3O2S2. The van der Waals surface area contributed by atoms with Crippen molar-refractivity contribution in [2.45, 2.75) is 31.4 Å². The number of nitrogens with zero attached hydrogens (tertiary/aromatic N) is 2. The number of aryl methyl sites for hydroxylation is 1. The maximum absolute atomic E-state index is 12.7. The second-order valence-electron chi connectivity index (χ2n) is 6.53. The molecule has 0 aliphatic carbocycles. The Kier molecular flexibility index (Phi) is 7.80. The maximum Gasteiger partial charge on any atom is 0.255 e. The van der Waals surface area contributed by atoms with Gasteiger partial charge in [0.05, 0.1) is 22.2 Å². The van der Waals surface area contributed by atoms with Crippen LogP contribution in [0.15, 0.2) is 52.9 Å². The molecule has 0 aliphatic heterocycles. The van der Waals surface area contributed by atoms with Gasteiger partial charge in [-0.25, -0.2) is 9.97 Å². The maximum atomic E-state index is 12.7. The number of thiophene rings is 1. The lowest BCUT2D eigenvalue weighted by atomic mass is 10.1. The number of carbonyl (C=O) groups excluding carboxylic acids is 1. The van der Waals surface area contributed by atoms with Gasteiger partial charge in [-0.05, 0) is 43.5 Å². The van der Waals surface area contributed by atoms with Crippen LogP contribution in [-0.2, 0) is 4.74 Å². The Bertz CT molecular complexity index is 931. The molecule has 1 atom stereocenters. The van der Waals surface area contributed by atoms with E-state index in [0.29, 0.717) is 35.3 Å². The Hall–Kier alpha value is -2.22. The minimum atomic E-state index is -0.138. The topological polar surface area (TPSA) is 64.1 Å². The van der Waals surface area contributed by atoms with Crippen LogP contribution in [0.4, 0.5) is 0 Å². The van der Waals surface area contributed by atoms with E-state index in [4.69, 9.17) is 4.74 Å². The van der Waals surface area contributed by atoms with Crippen molar-refractivity contribution in [2.24, 2.45) is 0 Å². The van der Waals surface area contributed by atoms with Crippen molar-refractivity contribution in [1.29, 1.82) is 0 Å². The quantitative estimate of drug-likeness (QED) is 0.291. The fraction of sp³-hybridized carbons (Fsp3) is 0.318. The number of carbonyl (C=O) groups is 1. The summed E-state index contributed by atoms with van der Waals surface area (Å²) >= 11 is 3.05. The standard InChI is InChI=1S/C22H25N3O2S2/c1-15-19(22(28-3)25-20(24-15)18-11-7-14-29-18)21(26)23-12-8-13-27-16(2)17-9-5-4-6-10-17/h4-7,9-11,14,16H,8,12-13H2,1-3H3,(H,23,26). The number of aromatic nitrogens is 2. The number of hydrogen-bond donors (Lipinski definition) is 1. The highest BCUT2D eigenvalue weighted by Crippen LogP contribution is 2.27. The van der Waals surface area contributed by atoms with E-state index in [1.54, 1.807) is 11.3 Å². The van der Waals surface area contributed by atoms with Gasteiger partial charge in [0.15, 0.2) is 5.82 Å². The first-order valence-electron chi connectivity index (χ1n) is 9.51. The number of ether oxygens (including phenoxy) is 1. The molecule has 0 aliphatic rings. The molecule has 0 spiro atoms. The molecule has 1 amide bonds. The molecule has 29 heavy (non-hydrogen) atoms. The van der Waals surface area contributed by atoms with Crippen molar-refractivity contribution in [3.8, 4) is 10.7 Å². The third-order valence-electron chi connectivity index (χ3n) is 4.46. The first-order valence-corrected chi connectivity index (χ1v) is 11.6. The predicted molar refractivity (Wildman–Crippen MR) is 120 cm³/mol. The molecule has 7 heteroatoms. The number of rotatable bonds is 9. The van der Waals surface area contributed by atoms with E-state index in [-0.39, 0.29) is 12.0 Å². The Morgan fingerprint density at radius 3 is 2.69 bits per heavy atom. The van der Waals surface area contributed by atoms with E-state index in [9.17, 15) is 4.79 Å². The van der Waals surface area contributed by atoms with Crippen LogP contribution in [0.1, 0.15) is 41.1 Å². The van der Waals surface area contributed by atoms with Gasteiger partial charge in [0.1, 0.15) is 5.03 Å². The van der Waals surface area contributed by atoms with Gasteiger partial charge in [0.25, 0.3) is 5.91 Å². The molecule has 2 heterocycles. The van der Waals surface area contributed by atoms with Crippen molar-refractivity contribution in [2.75, 3.05) is 19.4 Å². The highest BCUT2D eigenvalue weighted by Gasteiger charge is 2.19. The lowest BCUT2D eigenvalue weighted by molar-refractivity contribution is 0.0634. The monoisotopic (exact) mass is 427 g/mol. The lowest BCUT2D eigenvalue weighted by Gasteiger charge is -2.14. The van der Waals surface area contributed by atoms with E-state index in [2.05, 4.69) is 27.4 Å². The van der Waals surface area contributed by atoms with Gasteiger partial charge in [-0.15, -0.1) is 23.1 Å². The van der Waals surface area contributed by atoms with Crippen LogP contribution in [0.3, 0.4) is 0 Å². The van der Waals surface area contributed by atoms with Crippen LogP contribution in [0.2, 0.25) is 0 Å². The summed E-state index contributed by atoms with van der Waals surface area (Å²) in [6.45, 7) is 5.02. The average Bonchev–Trinajstić information content (AvgIpc) is 3.28. The molecule has 3 rings (SSSR count). The van der Waals surface area contributed by atoms with Crippen LogP contribution < -0.4 is 5.32 Å². The van der Waals surface area contributed by atoms with Crippen molar-refractivity contribution in [1.82, 2.24) is 15.3 Å². The molecule has 0 radical (unpaired) electrons. The predicted octanol–water partition coefficient (Wildman–Crippen LogP) is 5.13. The molecule has 1 N–H and O–H groups in total. The third-order valence-corrected chi connectivity index (χ3v) is 6.01. The van der Waals surface area contributed by atoms with Crippen molar-refractivity contribution < 1.29 is 9.53 Å². The summed E-state index contributed by atoms with van der Waals surface area (Å²) in [5.74, 6) is 0.530. The van der Waals surface area contributed by atoms with E-state index in [0.717, 1.165) is 16.9 Å². The lowest BCUT2D eigenvalue weighted by Crippen LogP contribution is -2.27. The number of hydrogen-bond acceptors (Lipinski definition) is 6. The summed E-state index contributed by atoms with van der Waals surface area (Å²) in [6, 6.07) is 14.1. The molecule has 5 nitrogen and oxygen atoms in total. The summed E-state index contributed by atoms with van der Waals surface area (Å²) < 4.78 is 5.86. The Morgan fingerprint density at radius 1 is 1.21 bits per heavy atom. The molecule has 1 unspecified atom stereocenters.